The summed E-state index contributed by atoms with van der Waals surface area (Å²) in [7, 11) is 4.11. The van der Waals surface area contributed by atoms with Crippen molar-refractivity contribution in [3.63, 3.8) is 0 Å². The third kappa shape index (κ3) is 9.31. The minimum absolute atomic E-state index is 0.0750. The number of carbonyl (C=O) groups excluding carboxylic acids is 1. The number of likely N-dealkylation sites (N-methyl/N-ethyl adjacent to an activating group) is 1. The highest BCUT2D eigenvalue weighted by Gasteiger charge is 2.09. The van der Waals surface area contributed by atoms with Crippen LogP contribution in [-0.2, 0) is 16.0 Å². The van der Waals surface area contributed by atoms with Crippen LogP contribution in [0.15, 0.2) is 42.5 Å². The summed E-state index contributed by atoms with van der Waals surface area (Å²) in [4.78, 5) is 13.6. The predicted octanol–water partition coefficient (Wildman–Crippen LogP) is 5.75. The standard InChI is InChI=1S/C27H39NO4/c1-5-7-8-9-10-11-24-20-23(14-17-26(24)31-19-18-28(3)4)22-12-15-25(16-13-22)32-21-27(29)30-6-2/h12-17,20H,5-11,18-19,21H2,1-4H3. The Morgan fingerprint density at radius 1 is 0.875 bits per heavy atom. The Morgan fingerprint density at radius 2 is 1.59 bits per heavy atom. The Morgan fingerprint density at radius 3 is 2.28 bits per heavy atom. The number of benzene rings is 2. The summed E-state index contributed by atoms with van der Waals surface area (Å²) >= 11 is 0. The van der Waals surface area contributed by atoms with Crippen LogP contribution in [0.3, 0.4) is 0 Å². The fourth-order valence-corrected chi connectivity index (χ4v) is 3.44. The number of carbonyl (C=O) groups is 1. The normalized spacial score (nSPS) is 10.9. The molecule has 2 aromatic carbocycles. The van der Waals surface area contributed by atoms with Crippen molar-refractivity contribution >= 4 is 5.97 Å². The Bertz CT molecular complexity index is 802. The van der Waals surface area contributed by atoms with E-state index in [4.69, 9.17) is 14.2 Å². The van der Waals surface area contributed by atoms with Gasteiger partial charge in [-0.3, -0.25) is 0 Å². The van der Waals surface area contributed by atoms with Crippen molar-refractivity contribution in [1.29, 1.82) is 0 Å². The van der Waals surface area contributed by atoms with Crippen molar-refractivity contribution in [2.24, 2.45) is 0 Å². The van der Waals surface area contributed by atoms with Gasteiger partial charge in [-0.2, -0.15) is 0 Å². The minimum atomic E-state index is -0.356. The number of nitrogens with zero attached hydrogens (tertiary/aromatic N) is 1. The first-order valence-electron chi connectivity index (χ1n) is 11.8. The van der Waals surface area contributed by atoms with Crippen LogP contribution < -0.4 is 9.47 Å². The third-order valence-corrected chi connectivity index (χ3v) is 5.26. The van der Waals surface area contributed by atoms with E-state index in [1.54, 1.807) is 6.92 Å². The maximum Gasteiger partial charge on any atom is 0.344 e. The lowest BCUT2D eigenvalue weighted by atomic mass is 9.98. The van der Waals surface area contributed by atoms with Crippen LogP contribution in [0.4, 0.5) is 0 Å². The number of hydrogen-bond acceptors (Lipinski definition) is 5. The minimum Gasteiger partial charge on any atom is -0.492 e. The maximum atomic E-state index is 11.5. The molecule has 0 saturated carbocycles. The van der Waals surface area contributed by atoms with E-state index in [0.29, 0.717) is 19.0 Å². The van der Waals surface area contributed by atoms with Crippen LogP contribution in [-0.4, -0.2) is 51.3 Å². The Balaban J connectivity index is 2.07. The zero-order valence-corrected chi connectivity index (χ0v) is 20.2. The molecule has 5 heteroatoms. The number of aryl methyl sites for hydroxylation is 1. The van der Waals surface area contributed by atoms with Crippen molar-refractivity contribution in [1.82, 2.24) is 4.90 Å². The molecule has 0 N–H and O–H groups in total. The summed E-state index contributed by atoms with van der Waals surface area (Å²) in [6.45, 7) is 5.88. The number of esters is 1. The van der Waals surface area contributed by atoms with Crippen molar-refractivity contribution in [2.75, 3.05) is 40.5 Å². The molecule has 0 amide bonds. The van der Waals surface area contributed by atoms with E-state index in [0.717, 1.165) is 29.8 Å². The predicted molar refractivity (Wildman–Crippen MR) is 131 cm³/mol. The van der Waals surface area contributed by atoms with Gasteiger partial charge in [-0.25, -0.2) is 4.79 Å². The molecule has 0 aliphatic carbocycles. The molecule has 0 heterocycles. The van der Waals surface area contributed by atoms with Gasteiger partial charge in [-0.15, -0.1) is 0 Å². The molecule has 0 fully saturated rings. The van der Waals surface area contributed by atoms with E-state index in [1.165, 1.54) is 37.7 Å². The van der Waals surface area contributed by atoms with Crippen LogP contribution in [0.1, 0.15) is 51.5 Å². The molecule has 176 valence electrons. The molecule has 0 atom stereocenters. The highest BCUT2D eigenvalue weighted by molar-refractivity contribution is 5.71. The Labute approximate surface area is 193 Å². The lowest BCUT2D eigenvalue weighted by Crippen LogP contribution is -2.19. The van der Waals surface area contributed by atoms with Gasteiger partial charge in [0.25, 0.3) is 0 Å². The first-order chi connectivity index (χ1) is 15.5. The van der Waals surface area contributed by atoms with Crippen molar-refractivity contribution in [2.45, 2.75) is 52.4 Å². The topological polar surface area (TPSA) is 48.0 Å². The monoisotopic (exact) mass is 441 g/mol. The van der Waals surface area contributed by atoms with E-state index in [-0.39, 0.29) is 12.6 Å². The Kier molecular flexibility index (Phi) is 11.7. The van der Waals surface area contributed by atoms with Crippen LogP contribution in [0.25, 0.3) is 11.1 Å². The van der Waals surface area contributed by atoms with Gasteiger partial charge >= 0.3 is 5.97 Å². The highest BCUT2D eigenvalue weighted by atomic mass is 16.6. The fraction of sp³-hybridized carbons (Fsp3) is 0.519. The van der Waals surface area contributed by atoms with Gasteiger partial charge in [0.2, 0.25) is 0 Å². The van der Waals surface area contributed by atoms with Gasteiger partial charge in [0, 0.05) is 6.54 Å². The summed E-state index contributed by atoms with van der Waals surface area (Å²) in [5, 5.41) is 0. The highest BCUT2D eigenvalue weighted by Crippen LogP contribution is 2.29. The van der Waals surface area contributed by atoms with E-state index in [1.807, 2.05) is 24.3 Å². The van der Waals surface area contributed by atoms with Gasteiger partial charge in [0.15, 0.2) is 6.61 Å². The van der Waals surface area contributed by atoms with Gasteiger partial charge < -0.3 is 19.1 Å². The third-order valence-electron chi connectivity index (χ3n) is 5.26. The van der Waals surface area contributed by atoms with Gasteiger partial charge in [0.05, 0.1) is 6.61 Å². The Hall–Kier alpha value is -2.53. The lowest BCUT2D eigenvalue weighted by Gasteiger charge is -2.16. The fourth-order valence-electron chi connectivity index (χ4n) is 3.44. The summed E-state index contributed by atoms with van der Waals surface area (Å²) in [5.74, 6) is 1.28. The van der Waals surface area contributed by atoms with Gasteiger partial charge in [0.1, 0.15) is 18.1 Å². The number of hydrogen-bond donors (Lipinski definition) is 0. The molecule has 0 saturated heterocycles. The van der Waals surface area contributed by atoms with E-state index in [9.17, 15) is 4.79 Å². The average molecular weight is 442 g/mol. The SMILES string of the molecule is CCCCCCCc1cc(-c2ccc(OCC(=O)OCC)cc2)ccc1OCCN(C)C. The smallest absolute Gasteiger partial charge is 0.344 e. The second-order valence-electron chi connectivity index (χ2n) is 8.26. The molecular weight excluding hydrogens is 402 g/mol. The molecule has 0 bridgehead atoms. The molecule has 0 spiro atoms. The van der Waals surface area contributed by atoms with E-state index >= 15 is 0 Å². The van der Waals surface area contributed by atoms with E-state index < -0.39 is 0 Å². The second-order valence-corrected chi connectivity index (χ2v) is 8.26. The van der Waals surface area contributed by atoms with Gasteiger partial charge in [-0.05, 0) is 74.8 Å². The van der Waals surface area contributed by atoms with Crippen LogP contribution in [0.2, 0.25) is 0 Å². The molecule has 0 aliphatic rings. The van der Waals surface area contributed by atoms with Crippen molar-refractivity contribution < 1.29 is 19.0 Å². The number of rotatable bonds is 15. The maximum absolute atomic E-state index is 11.5. The van der Waals surface area contributed by atoms with E-state index in [2.05, 4.69) is 44.1 Å². The summed E-state index contributed by atoms with van der Waals surface area (Å²) in [6.07, 6.45) is 7.30. The molecule has 32 heavy (non-hydrogen) atoms. The summed E-state index contributed by atoms with van der Waals surface area (Å²) in [6, 6.07) is 14.3. The van der Waals surface area contributed by atoms with Crippen LogP contribution in [0.5, 0.6) is 11.5 Å². The lowest BCUT2D eigenvalue weighted by molar-refractivity contribution is -0.145. The zero-order chi connectivity index (χ0) is 23.2. The van der Waals surface area contributed by atoms with Crippen molar-refractivity contribution in [3.05, 3.63) is 48.0 Å². The molecule has 2 aromatic rings. The van der Waals surface area contributed by atoms with Gasteiger partial charge in [-0.1, -0.05) is 50.8 Å². The first kappa shape index (κ1) is 25.7. The number of unbranched alkanes of at least 4 members (excludes halogenated alkanes) is 4. The largest absolute Gasteiger partial charge is 0.492 e. The first-order valence-corrected chi connectivity index (χ1v) is 11.8. The van der Waals surface area contributed by atoms with Crippen LogP contribution >= 0.6 is 0 Å². The quantitative estimate of drug-likeness (QED) is 0.260. The summed E-state index contributed by atoms with van der Waals surface area (Å²) in [5.41, 5.74) is 3.53. The number of ether oxygens (including phenoxy) is 3. The average Bonchev–Trinajstić information content (AvgIpc) is 2.78. The molecule has 0 unspecified atom stereocenters. The molecule has 0 radical (unpaired) electrons. The molecule has 2 rings (SSSR count). The molecule has 0 aliphatic heterocycles. The molecule has 5 nitrogen and oxygen atoms in total. The van der Waals surface area contributed by atoms with Crippen LogP contribution in [0, 0.1) is 0 Å². The summed E-state index contributed by atoms with van der Waals surface area (Å²) < 4.78 is 16.5. The molecule has 0 aromatic heterocycles. The van der Waals surface area contributed by atoms with Crippen molar-refractivity contribution in [3.8, 4) is 22.6 Å². The second kappa shape index (κ2) is 14.5. The zero-order valence-electron chi connectivity index (χ0n) is 20.2. The molecular formula is C27H39NO4.